The number of benzene rings is 2. The van der Waals surface area contributed by atoms with Crippen LogP contribution >= 0.6 is 0 Å². The number of nitrogens with one attached hydrogen (secondary N) is 3. The first-order valence-corrected chi connectivity index (χ1v) is 15.3. The molecule has 2 aromatic heterocycles. The molecule has 6 rings (SSSR count). The van der Waals surface area contributed by atoms with Gasteiger partial charge >= 0.3 is 5.97 Å². The molecule has 47 heavy (non-hydrogen) atoms. The fraction of sp³-hybridized carbons (Fsp3) is 0.257. The predicted octanol–water partition coefficient (Wildman–Crippen LogP) is 3.63. The van der Waals surface area contributed by atoms with Crippen LogP contribution < -0.4 is 16.0 Å². The van der Waals surface area contributed by atoms with Crippen molar-refractivity contribution in [3.63, 3.8) is 0 Å². The number of carboxylic acids is 1. The molecule has 0 radical (unpaired) electrons. The molecule has 2 atom stereocenters. The van der Waals surface area contributed by atoms with Gasteiger partial charge in [0.1, 0.15) is 23.3 Å². The van der Waals surface area contributed by atoms with Gasteiger partial charge in [0.15, 0.2) is 0 Å². The summed E-state index contributed by atoms with van der Waals surface area (Å²) < 4.78 is 0. The van der Waals surface area contributed by atoms with Gasteiger partial charge in [0.25, 0.3) is 11.8 Å². The molecule has 4 aromatic rings. The van der Waals surface area contributed by atoms with Gasteiger partial charge in [-0.2, -0.15) is 0 Å². The van der Waals surface area contributed by atoms with Crippen LogP contribution in [0.3, 0.4) is 0 Å². The summed E-state index contributed by atoms with van der Waals surface area (Å²) in [5.74, 6) is -1.26. The number of β-amino-alcohol motifs (C(OH)–C–C–N with tert-alkyl or cyclic N) is 1. The highest BCUT2D eigenvalue weighted by molar-refractivity contribution is 6.06. The van der Waals surface area contributed by atoms with Gasteiger partial charge in [-0.15, -0.1) is 0 Å². The lowest BCUT2D eigenvalue weighted by Crippen LogP contribution is -2.37. The Kier molecular flexibility index (Phi) is 9.05. The largest absolute Gasteiger partial charge is 0.480 e. The molecule has 1 unspecified atom stereocenters. The number of likely N-dealkylation sites (tertiary alicyclic amines) is 1. The van der Waals surface area contributed by atoms with Crippen LogP contribution in [0.5, 0.6) is 0 Å². The SMILES string of the molecule is Cc1c(NC(=O)c2ccc(CN3CC[C@@H](O)C3)cn2)cccc1-c1cccc(NC(=O)c2ccc(C3=NCC(C(=O)O)N3)cn2)c1C. The van der Waals surface area contributed by atoms with Crippen molar-refractivity contribution in [3.05, 3.63) is 107 Å². The molecule has 0 aliphatic carbocycles. The average Bonchev–Trinajstić information content (AvgIpc) is 3.73. The summed E-state index contributed by atoms with van der Waals surface area (Å²) in [6.45, 7) is 6.15. The van der Waals surface area contributed by atoms with Crippen molar-refractivity contribution < 1.29 is 24.6 Å². The van der Waals surface area contributed by atoms with Crippen molar-refractivity contribution in [3.8, 4) is 11.1 Å². The first kappa shape index (κ1) is 31.5. The molecular weight excluding hydrogens is 598 g/mol. The number of aromatic nitrogens is 2. The van der Waals surface area contributed by atoms with Gasteiger partial charge in [-0.1, -0.05) is 30.3 Å². The minimum atomic E-state index is -0.980. The van der Waals surface area contributed by atoms with Crippen LogP contribution in [-0.2, 0) is 11.3 Å². The maximum Gasteiger partial charge on any atom is 0.328 e. The normalized spacial score (nSPS) is 17.6. The third-order valence-corrected chi connectivity index (χ3v) is 8.48. The summed E-state index contributed by atoms with van der Waals surface area (Å²) in [5.41, 5.74) is 6.85. The second-order valence-electron chi connectivity index (χ2n) is 11.8. The highest BCUT2D eigenvalue weighted by Gasteiger charge is 2.25. The molecule has 2 aromatic carbocycles. The minimum Gasteiger partial charge on any atom is -0.480 e. The number of carboxylic acid groups (broad SMARTS) is 1. The van der Waals surface area contributed by atoms with E-state index in [1.807, 2.05) is 56.3 Å². The van der Waals surface area contributed by atoms with Gasteiger partial charge in [0.05, 0.1) is 12.6 Å². The van der Waals surface area contributed by atoms with E-state index in [9.17, 15) is 24.6 Å². The molecule has 2 aliphatic heterocycles. The van der Waals surface area contributed by atoms with Crippen LogP contribution in [-0.4, -0.2) is 80.5 Å². The molecular formula is C35H35N7O5. The third kappa shape index (κ3) is 7.03. The molecule has 240 valence electrons. The molecule has 4 heterocycles. The van der Waals surface area contributed by atoms with Gasteiger partial charge in [0.2, 0.25) is 0 Å². The number of hydrogen-bond acceptors (Lipinski definition) is 9. The quantitative estimate of drug-likeness (QED) is 0.185. The summed E-state index contributed by atoms with van der Waals surface area (Å²) >= 11 is 0. The third-order valence-electron chi connectivity index (χ3n) is 8.48. The second kappa shape index (κ2) is 13.5. The van der Waals surface area contributed by atoms with Gasteiger partial charge in [-0.05, 0) is 78.4 Å². The van der Waals surface area contributed by atoms with Crippen LogP contribution in [0.1, 0.15) is 49.7 Å². The molecule has 5 N–H and O–H groups in total. The summed E-state index contributed by atoms with van der Waals surface area (Å²) in [5, 5.41) is 27.7. The fourth-order valence-corrected chi connectivity index (χ4v) is 5.79. The first-order chi connectivity index (χ1) is 22.7. The Bertz CT molecular complexity index is 1860. The number of rotatable bonds is 9. The zero-order chi connectivity index (χ0) is 33.1. The predicted molar refractivity (Wildman–Crippen MR) is 178 cm³/mol. The summed E-state index contributed by atoms with van der Waals surface area (Å²) in [7, 11) is 0. The number of aliphatic imine (C=N–C) groups is 1. The number of amidine groups is 1. The van der Waals surface area contributed by atoms with Crippen LogP contribution in [0.2, 0.25) is 0 Å². The Hall–Kier alpha value is -5.46. The molecule has 0 bridgehead atoms. The number of aliphatic hydroxyl groups excluding tert-OH is 1. The lowest BCUT2D eigenvalue weighted by molar-refractivity contribution is -0.138. The molecule has 2 aliphatic rings. The van der Waals surface area contributed by atoms with Crippen LogP contribution in [0, 0.1) is 13.8 Å². The van der Waals surface area contributed by atoms with Gasteiger partial charge < -0.3 is 26.2 Å². The number of aliphatic carboxylic acids is 1. The second-order valence-corrected chi connectivity index (χ2v) is 11.8. The Morgan fingerprint density at radius 3 is 1.98 bits per heavy atom. The van der Waals surface area contributed by atoms with E-state index in [1.165, 1.54) is 6.20 Å². The standard InChI is InChI=1S/C35H35N7O5/c1-20-25(5-3-7-27(20)40-33(44)29-11-9-22(15-36-29)18-42-14-13-24(43)19-42)26-6-4-8-28(21(26)2)41-34(45)30-12-10-23(16-37-30)32-38-17-31(39-32)35(46)47/h3-12,15-16,24,31,43H,13-14,17-19H2,1-2H3,(H,38,39)(H,40,44)(H,41,45)(H,46,47)/t24-,31?/m1/s1. The average molecular weight is 634 g/mol. The Balaban J connectivity index is 1.13. The summed E-state index contributed by atoms with van der Waals surface area (Å²) in [4.78, 5) is 52.5. The van der Waals surface area contributed by atoms with E-state index in [1.54, 1.807) is 24.4 Å². The Morgan fingerprint density at radius 1 is 0.872 bits per heavy atom. The van der Waals surface area contributed by atoms with E-state index in [4.69, 9.17) is 0 Å². The maximum absolute atomic E-state index is 13.1. The highest BCUT2D eigenvalue weighted by atomic mass is 16.4. The number of hydrogen-bond donors (Lipinski definition) is 5. The van der Waals surface area contributed by atoms with Crippen molar-refractivity contribution >= 4 is 35.0 Å². The zero-order valence-electron chi connectivity index (χ0n) is 26.0. The number of carbonyl (C=O) groups excluding carboxylic acids is 2. The van der Waals surface area contributed by atoms with E-state index in [0.717, 1.165) is 40.8 Å². The molecule has 2 amide bonds. The van der Waals surface area contributed by atoms with Crippen LogP contribution in [0.4, 0.5) is 11.4 Å². The van der Waals surface area contributed by atoms with Crippen molar-refractivity contribution in [1.82, 2.24) is 20.2 Å². The Labute approximate surface area is 271 Å². The fourth-order valence-electron chi connectivity index (χ4n) is 5.79. The topological polar surface area (TPSA) is 169 Å². The lowest BCUT2D eigenvalue weighted by Gasteiger charge is -2.17. The van der Waals surface area contributed by atoms with Crippen LogP contribution in [0.25, 0.3) is 11.1 Å². The van der Waals surface area contributed by atoms with E-state index in [2.05, 4.69) is 35.8 Å². The van der Waals surface area contributed by atoms with Crippen molar-refractivity contribution in [2.24, 2.45) is 4.99 Å². The summed E-state index contributed by atoms with van der Waals surface area (Å²) in [6.07, 6.45) is 3.68. The van der Waals surface area contributed by atoms with Crippen LogP contribution in [0.15, 0.2) is 78.0 Å². The zero-order valence-corrected chi connectivity index (χ0v) is 26.0. The van der Waals surface area contributed by atoms with E-state index >= 15 is 0 Å². The van der Waals surface area contributed by atoms with Crippen molar-refractivity contribution in [2.75, 3.05) is 30.3 Å². The molecule has 1 saturated heterocycles. The van der Waals surface area contributed by atoms with Gasteiger partial charge in [-0.25, -0.2) is 4.79 Å². The number of pyridine rings is 2. The monoisotopic (exact) mass is 633 g/mol. The maximum atomic E-state index is 13.1. The number of aliphatic hydroxyl groups is 1. The van der Waals surface area contributed by atoms with Gasteiger partial charge in [-0.3, -0.25) is 29.4 Å². The van der Waals surface area contributed by atoms with E-state index in [-0.39, 0.29) is 24.2 Å². The van der Waals surface area contributed by atoms with Crippen molar-refractivity contribution in [1.29, 1.82) is 0 Å². The number of carbonyl (C=O) groups is 3. The van der Waals surface area contributed by atoms with E-state index in [0.29, 0.717) is 41.6 Å². The number of nitrogens with zero attached hydrogens (tertiary/aromatic N) is 4. The lowest BCUT2D eigenvalue weighted by atomic mass is 9.94. The molecule has 12 heteroatoms. The van der Waals surface area contributed by atoms with Gasteiger partial charge in [0, 0.05) is 49.0 Å². The van der Waals surface area contributed by atoms with Crippen molar-refractivity contribution in [2.45, 2.75) is 39.0 Å². The first-order valence-electron chi connectivity index (χ1n) is 15.3. The molecule has 0 spiro atoms. The van der Waals surface area contributed by atoms with E-state index < -0.39 is 17.9 Å². The number of amides is 2. The summed E-state index contributed by atoms with van der Waals surface area (Å²) in [6, 6.07) is 17.4. The smallest absolute Gasteiger partial charge is 0.328 e. The molecule has 0 saturated carbocycles. The molecule has 1 fully saturated rings. The minimum absolute atomic E-state index is 0.134. The highest BCUT2D eigenvalue weighted by Crippen LogP contribution is 2.34. The Morgan fingerprint density at radius 2 is 1.49 bits per heavy atom. The number of anilines is 2. The molecule has 12 nitrogen and oxygen atoms in total.